The van der Waals surface area contributed by atoms with Gasteiger partial charge in [0.05, 0.1) is 0 Å². The monoisotopic (exact) mass is 342 g/mol. The highest BCUT2D eigenvalue weighted by Crippen LogP contribution is 2.24. The molecule has 0 bridgehead atoms. The predicted octanol–water partition coefficient (Wildman–Crippen LogP) is 4.12. The molecule has 1 aromatic rings. The first-order chi connectivity index (χ1) is 10.6. The second-order valence-corrected chi connectivity index (χ2v) is 6.77. The van der Waals surface area contributed by atoms with E-state index in [4.69, 9.17) is 23.2 Å². The molecule has 0 radical (unpaired) electrons. The number of rotatable bonds is 6. The first kappa shape index (κ1) is 17.6. The average molecular weight is 343 g/mol. The summed E-state index contributed by atoms with van der Waals surface area (Å²) in [5.74, 6) is 0.381. The Hall–Kier alpha value is -0.770. The number of benzene rings is 1. The molecule has 1 aromatic carbocycles. The summed E-state index contributed by atoms with van der Waals surface area (Å²) in [7, 11) is 0. The van der Waals surface area contributed by atoms with Crippen LogP contribution in [0.25, 0.3) is 0 Å². The number of halogens is 2. The van der Waals surface area contributed by atoms with Crippen molar-refractivity contribution in [3.63, 3.8) is 0 Å². The van der Waals surface area contributed by atoms with E-state index in [0.29, 0.717) is 10.0 Å². The maximum absolute atomic E-state index is 12.1. The average Bonchev–Trinajstić information content (AvgIpc) is 2.51. The third kappa shape index (κ3) is 5.15. The molecule has 1 heterocycles. The van der Waals surface area contributed by atoms with Gasteiger partial charge in [0, 0.05) is 29.1 Å². The second kappa shape index (κ2) is 8.76. The van der Waals surface area contributed by atoms with E-state index in [1.54, 1.807) is 6.07 Å². The van der Waals surface area contributed by atoms with Gasteiger partial charge in [-0.25, -0.2) is 0 Å². The molecule has 1 N–H and O–H groups in total. The van der Waals surface area contributed by atoms with Crippen molar-refractivity contribution in [1.82, 2.24) is 10.2 Å². The van der Waals surface area contributed by atoms with E-state index in [-0.39, 0.29) is 11.8 Å². The maximum Gasteiger partial charge on any atom is 0.223 e. The van der Waals surface area contributed by atoms with E-state index in [1.807, 2.05) is 12.1 Å². The first-order valence-corrected chi connectivity index (χ1v) is 8.79. The highest BCUT2D eigenvalue weighted by Gasteiger charge is 2.24. The van der Waals surface area contributed by atoms with Crippen LogP contribution in [0, 0.1) is 5.92 Å². The van der Waals surface area contributed by atoms with E-state index in [9.17, 15) is 4.79 Å². The molecule has 0 spiro atoms. The summed E-state index contributed by atoms with van der Waals surface area (Å²) in [5, 5.41) is 4.42. The van der Waals surface area contributed by atoms with Crippen molar-refractivity contribution in [3.05, 3.63) is 33.8 Å². The van der Waals surface area contributed by atoms with Crippen LogP contribution in [0.3, 0.4) is 0 Å². The van der Waals surface area contributed by atoms with Crippen molar-refractivity contribution < 1.29 is 4.79 Å². The lowest BCUT2D eigenvalue weighted by molar-refractivity contribution is -0.126. The Bertz CT molecular complexity index is 499. The summed E-state index contributed by atoms with van der Waals surface area (Å²) in [5.41, 5.74) is 1.09. The van der Waals surface area contributed by atoms with Crippen LogP contribution in [0.15, 0.2) is 18.2 Å². The Morgan fingerprint density at radius 1 is 1.32 bits per heavy atom. The fourth-order valence-corrected chi connectivity index (χ4v) is 3.25. The van der Waals surface area contributed by atoms with Crippen LogP contribution in [0.2, 0.25) is 10.0 Å². The quantitative estimate of drug-likeness (QED) is 0.788. The van der Waals surface area contributed by atoms with Crippen molar-refractivity contribution in [2.45, 2.75) is 39.2 Å². The van der Waals surface area contributed by atoms with E-state index in [2.05, 4.69) is 17.1 Å². The molecule has 1 saturated heterocycles. The number of amides is 1. The molecule has 22 heavy (non-hydrogen) atoms. The Morgan fingerprint density at radius 2 is 2.05 bits per heavy atom. The number of nitrogens with zero attached hydrogens (tertiary/aromatic N) is 1. The molecule has 0 aliphatic carbocycles. The smallest absolute Gasteiger partial charge is 0.223 e. The van der Waals surface area contributed by atoms with Gasteiger partial charge in [-0.3, -0.25) is 9.69 Å². The molecule has 1 amide bonds. The van der Waals surface area contributed by atoms with Gasteiger partial charge in [-0.05, 0) is 50.0 Å². The van der Waals surface area contributed by atoms with Gasteiger partial charge in [-0.15, -0.1) is 0 Å². The minimum atomic E-state index is 0.161. The van der Waals surface area contributed by atoms with E-state index >= 15 is 0 Å². The van der Waals surface area contributed by atoms with E-state index in [0.717, 1.165) is 57.4 Å². The molecule has 2 rings (SSSR count). The zero-order valence-corrected chi connectivity index (χ0v) is 14.6. The summed E-state index contributed by atoms with van der Waals surface area (Å²) in [6, 6.07) is 5.64. The zero-order chi connectivity index (χ0) is 15.9. The maximum atomic E-state index is 12.1. The summed E-state index contributed by atoms with van der Waals surface area (Å²) in [6.07, 6.45) is 4.01. The van der Waals surface area contributed by atoms with Crippen molar-refractivity contribution in [2.24, 2.45) is 5.92 Å². The van der Waals surface area contributed by atoms with Gasteiger partial charge in [0.25, 0.3) is 0 Å². The third-order valence-electron chi connectivity index (χ3n) is 4.20. The SMILES string of the molecule is CCCCNC(=O)C1CCN(Cc2ccc(Cl)cc2Cl)CC1. The molecule has 0 atom stereocenters. The fraction of sp³-hybridized carbons (Fsp3) is 0.588. The normalized spacial score (nSPS) is 16.7. The number of hydrogen-bond acceptors (Lipinski definition) is 2. The molecule has 1 fully saturated rings. The van der Waals surface area contributed by atoms with Crippen molar-refractivity contribution in [1.29, 1.82) is 0 Å². The fourth-order valence-electron chi connectivity index (χ4n) is 2.78. The summed E-state index contributed by atoms with van der Waals surface area (Å²) < 4.78 is 0. The van der Waals surface area contributed by atoms with Gasteiger partial charge in [0.1, 0.15) is 0 Å². The van der Waals surface area contributed by atoms with Gasteiger partial charge < -0.3 is 5.32 Å². The molecule has 5 heteroatoms. The Kier molecular flexibility index (Phi) is 7.00. The molecule has 0 aromatic heterocycles. The van der Waals surface area contributed by atoms with E-state index in [1.165, 1.54) is 0 Å². The standard InChI is InChI=1S/C17H24Cl2N2O/c1-2-3-8-20-17(22)13-6-9-21(10-7-13)12-14-4-5-15(18)11-16(14)19/h4-5,11,13H,2-3,6-10,12H2,1H3,(H,20,22). The van der Waals surface area contributed by atoms with Gasteiger partial charge in [0.15, 0.2) is 0 Å². The van der Waals surface area contributed by atoms with Crippen molar-refractivity contribution in [2.75, 3.05) is 19.6 Å². The van der Waals surface area contributed by atoms with Crippen molar-refractivity contribution in [3.8, 4) is 0 Å². The van der Waals surface area contributed by atoms with Crippen LogP contribution in [-0.2, 0) is 11.3 Å². The number of nitrogens with one attached hydrogen (secondary N) is 1. The number of unbranched alkanes of at least 4 members (excludes halogenated alkanes) is 1. The molecule has 3 nitrogen and oxygen atoms in total. The van der Waals surface area contributed by atoms with Crippen LogP contribution in [-0.4, -0.2) is 30.4 Å². The third-order valence-corrected chi connectivity index (χ3v) is 4.78. The van der Waals surface area contributed by atoms with E-state index < -0.39 is 0 Å². The van der Waals surface area contributed by atoms with Crippen LogP contribution >= 0.6 is 23.2 Å². The topological polar surface area (TPSA) is 32.3 Å². The van der Waals surface area contributed by atoms with Gasteiger partial charge in [-0.2, -0.15) is 0 Å². The number of carbonyl (C=O) groups excluding carboxylic acids is 1. The Labute approximate surface area is 143 Å². The lowest BCUT2D eigenvalue weighted by Crippen LogP contribution is -2.40. The number of carbonyl (C=O) groups is 1. The van der Waals surface area contributed by atoms with Gasteiger partial charge in [0.2, 0.25) is 5.91 Å². The number of piperidine rings is 1. The van der Waals surface area contributed by atoms with Crippen LogP contribution in [0.4, 0.5) is 0 Å². The first-order valence-electron chi connectivity index (χ1n) is 8.04. The molecule has 122 valence electrons. The Morgan fingerprint density at radius 3 is 2.68 bits per heavy atom. The summed E-state index contributed by atoms with van der Waals surface area (Å²) in [6.45, 7) is 5.62. The highest BCUT2D eigenvalue weighted by molar-refractivity contribution is 6.35. The largest absolute Gasteiger partial charge is 0.356 e. The summed E-state index contributed by atoms with van der Waals surface area (Å²) >= 11 is 12.1. The molecule has 0 saturated carbocycles. The molecule has 1 aliphatic rings. The number of likely N-dealkylation sites (tertiary alicyclic amines) is 1. The van der Waals surface area contributed by atoms with Crippen LogP contribution < -0.4 is 5.32 Å². The number of hydrogen-bond donors (Lipinski definition) is 1. The Balaban J connectivity index is 1.78. The van der Waals surface area contributed by atoms with Crippen LogP contribution in [0.1, 0.15) is 38.2 Å². The zero-order valence-electron chi connectivity index (χ0n) is 13.1. The minimum absolute atomic E-state index is 0.161. The van der Waals surface area contributed by atoms with Gasteiger partial charge >= 0.3 is 0 Å². The molecular weight excluding hydrogens is 319 g/mol. The summed E-state index contributed by atoms with van der Waals surface area (Å²) in [4.78, 5) is 14.4. The van der Waals surface area contributed by atoms with Gasteiger partial charge in [-0.1, -0.05) is 42.6 Å². The van der Waals surface area contributed by atoms with Crippen molar-refractivity contribution >= 4 is 29.1 Å². The predicted molar refractivity (Wildman–Crippen MR) is 92.4 cm³/mol. The molecule has 0 unspecified atom stereocenters. The second-order valence-electron chi connectivity index (χ2n) is 5.93. The van der Waals surface area contributed by atoms with Crippen LogP contribution in [0.5, 0.6) is 0 Å². The molecule has 1 aliphatic heterocycles. The lowest BCUT2D eigenvalue weighted by Gasteiger charge is -2.31. The minimum Gasteiger partial charge on any atom is -0.356 e. The molecular formula is C17H24Cl2N2O. The lowest BCUT2D eigenvalue weighted by atomic mass is 9.95. The highest BCUT2D eigenvalue weighted by atomic mass is 35.5.